The predicted molar refractivity (Wildman–Crippen MR) is 115 cm³/mol. The van der Waals surface area contributed by atoms with Crippen molar-refractivity contribution in [3.05, 3.63) is 82.5 Å². The Bertz CT molecular complexity index is 1090. The number of amides is 1. The van der Waals surface area contributed by atoms with Crippen LogP contribution in [0.15, 0.2) is 70.2 Å². The van der Waals surface area contributed by atoms with E-state index in [4.69, 9.17) is 13.9 Å². The van der Waals surface area contributed by atoms with Crippen LogP contribution in [0.2, 0.25) is 0 Å². The van der Waals surface area contributed by atoms with Crippen LogP contribution in [0.1, 0.15) is 16.1 Å². The van der Waals surface area contributed by atoms with Crippen molar-refractivity contribution < 1.29 is 18.7 Å². The monoisotopic (exact) mass is 421 g/mol. The molecule has 0 radical (unpaired) electrons. The first kappa shape index (κ1) is 20.5. The van der Waals surface area contributed by atoms with Crippen LogP contribution < -0.4 is 19.8 Å². The van der Waals surface area contributed by atoms with Crippen molar-refractivity contribution in [2.75, 3.05) is 38.2 Å². The van der Waals surface area contributed by atoms with Crippen LogP contribution >= 0.6 is 0 Å². The maximum Gasteiger partial charge on any atom is 0.289 e. The van der Waals surface area contributed by atoms with Crippen LogP contribution in [0.3, 0.4) is 0 Å². The summed E-state index contributed by atoms with van der Waals surface area (Å²) in [6.45, 7) is 2.55. The largest absolute Gasteiger partial charge is 0.497 e. The normalized spacial score (nSPS) is 13.7. The number of nitrogens with zero attached hydrogens (tertiary/aromatic N) is 3. The number of pyridine rings is 1. The lowest BCUT2D eigenvalue weighted by Crippen LogP contribution is -2.49. The van der Waals surface area contributed by atoms with Crippen molar-refractivity contribution in [3.8, 4) is 11.5 Å². The van der Waals surface area contributed by atoms with Crippen molar-refractivity contribution in [1.29, 1.82) is 0 Å². The summed E-state index contributed by atoms with van der Waals surface area (Å²) < 4.78 is 16.2. The zero-order valence-electron chi connectivity index (χ0n) is 17.2. The molecule has 1 amide bonds. The van der Waals surface area contributed by atoms with E-state index in [9.17, 15) is 9.59 Å². The van der Waals surface area contributed by atoms with Crippen LogP contribution in [-0.2, 0) is 6.61 Å². The van der Waals surface area contributed by atoms with Gasteiger partial charge in [0.2, 0.25) is 11.2 Å². The highest BCUT2D eigenvalue weighted by atomic mass is 16.5. The van der Waals surface area contributed by atoms with E-state index in [0.29, 0.717) is 31.9 Å². The van der Waals surface area contributed by atoms with E-state index < -0.39 is 5.43 Å². The van der Waals surface area contributed by atoms with Gasteiger partial charge in [0.15, 0.2) is 5.76 Å². The molecule has 160 valence electrons. The minimum Gasteiger partial charge on any atom is -0.497 e. The Morgan fingerprint density at radius 2 is 1.94 bits per heavy atom. The zero-order chi connectivity index (χ0) is 21.6. The highest BCUT2D eigenvalue weighted by Gasteiger charge is 2.25. The number of piperazine rings is 1. The van der Waals surface area contributed by atoms with Crippen molar-refractivity contribution in [1.82, 2.24) is 9.88 Å². The summed E-state index contributed by atoms with van der Waals surface area (Å²) in [6, 6.07) is 14.3. The molecule has 4 rings (SSSR count). The van der Waals surface area contributed by atoms with E-state index in [1.54, 1.807) is 18.2 Å². The molecule has 1 aliphatic heterocycles. The van der Waals surface area contributed by atoms with E-state index in [1.165, 1.54) is 12.3 Å². The highest BCUT2D eigenvalue weighted by Crippen LogP contribution is 2.17. The first-order valence-corrected chi connectivity index (χ1v) is 9.98. The SMILES string of the molecule is COc1cccc(COc2coc(C(=O)N3CCN(c4ccccn4)CC3)cc2=O)c1. The van der Waals surface area contributed by atoms with Gasteiger partial charge in [-0.3, -0.25) is 9.59 Å². The number of carbonyl (C=O) groups is 1. The van der Waals surface area contributed by atoms with Gasteiger partial charge in [0.05, 0.1) is 7.11 Å². The summed E-state index contributed by atoms with van der Waals surface area (Å²) in [5.41, 5.74) is 0.453. The minimum atomic E-state index is -0.399. The summed E-state index contributed by atoms with van der Waals surface area (Å²) in [7, 11) is 1.59. The van der Waals surface area contributed by atoms with Crippen LogP contribution in [0.5, 0.6) is 11.5 Å². The van der Waals surface area contributed by atoms with Gasteiger partial charge in [-0.05, 0) is 29.8 Å². The van der Waals surface area contributed by atoms with Crippen LogP contribution in [0.4, 0.5) is 5.82 Å². The molecule has 2 aromatic heterocycles. The standard InChI is InChI=1S/C23H23N3O5/c1-29-18-6-4-5-17(13-18)15-30-21-16-31-20(14-19(21)27)23(28)26-11-9-25(10-12-26)22-7-2-3-8-24-22/h2-8,13-14,16H,9-12,15H2,1H3. The Morgan fingerprint density at radius 3 is 2.65 bits per heavy atom. The molecule has 1 aliphatic rings. The predicted octanol–water partition coefficient (Wildman–Crippen LogP) is 2.58. The van der Waals surface area contributed by atoms with E-state index >= 15 is 0 Å². The van der Waals surface area contributed by atoms with Gasteiger partial charge in [-0.25, -0.2) is 4.98 Å². The number of carbonyl (C=O) groups excluding carboxylic acids is 1. The molecule has 1 fully saturated rings. The Labute approximate surface area is 179 Å². The molecule has 1 saturated heterocycles. The lowest BCUT2D eigenvalue weighted by molar-refractivity contribution is 0.0710. The van der Waals surface area contributed by atoms with Crippen LogP contribution in [0, 0.1) is 0 Å². The van der Waals surface area contributed by atoms with Gasteiger partial charge in [0.1, 0.15) is 24.4 Å². The number of aromatic nitrogens is 1. The number of hydrogen-bond acceptors (Lipinski definition) is 7. The van der Waals surface area contributed by atoms with Crippen molar-refractivity contribution in [2.24, 2.45) is 0 Å². The quantitative estimate of drug-likeness (QED) is 0.605. The molecule has 0 N–H and O–H groups in total. The number of methoxy groups -OCH3 is 1. The summed E-state index contributed by atoms with van der Waals surface area (Å²) in [6.07, 6.45) is 2.94. The Morgan fingerprint density at radius 1 is 1.10 bits per heavy atom. The van der Waals surface area contributed by atoms with E-state index in [1.807, 2.05) is 42.5 Å². The number of hydrogen-bond donors (Lipinski definition) is 0. The fourth-order valence-electron chi connectivity index (χ4n) is 3.38. The molecule has 3 heterocycles. The molecule has 8 heteroatoms. The molecule has 31 heavy (non-hydrogen) atoms. The Balaban J connectivity index is 1.36. The maximum absolute atomic E-state index is 12.8. The van der Waals surface area contributed by atoms with Gasteiger partial charge in [-0.1, -0.05) is 18.2 Å². The molecular weight excluding hydrogens is 398 g/mol. The summed E-state index contributed by atoms with van der Waals surface area (Å²) in [5, 5.41) is 0. The summed E-state index contributed by atoms with van der Waals surface area (Å²) >= 11 is 0. The molecule has 0 unspecified atom stereocenters. The Kier molecular flexibility index (Phi) is 6.16. The minimum absolute atomic E-state index is 0.00464. The van der Waals surface area contributed by atoms with Gasteiger partial charge >= 0.3 is 0 Å². The van der Waals surface area contributed by atoms with Crippen molar-refractivity contribution in [3.63, 3.8) is 0 Å². The van der Waals surface area contributed by atoms with Gasteiger partial charge in [0, 0.05) is 38.4 Å². The van der Waals surface area contributed by atoms with Crippen LogP contribution in [-0.4, -0.2) is 49.1 Å². The maximum atomic E-state index is 12.8. The smallest absolute Gasteiger partial charge is 0.289 e. The molecular formula is C23H23N3O5. The molecule has 0 aliphatic carbocycles. The lowest BCUT2D eigenvalue weighted by atomic mass is 10.2. The summed E-state index contributed by atoms with van der Waals surface area (Å²) in [4.78, 5) is 33.3. The van der Waals surface area contributed by atoms with E-state index in [2.05, 4.69) is 9.88 Å². The number of rotatable bonds is 6. The highest BCUT2D eigenvalue weighted by molar-refractivity contribution is 5.91. The average molecular weight is 421 g/mol. The van der Waals surface area contributed by atoms with Gasteiger partial charge < -0.3 is 23.7 Å². The Hall–Kier alpha value is -3.81. The molecule has 3 aromatic rings. The third kappa shape index (κ3) is 4.85. The third-order valence-electron chi connectivity index (χ3n) is 5.08. The van der Waals surface area contributed by atoms with E-state index in [-0.39, 0.29) is 24.0 Å². The molecule has 0 spiro atoms. The molecule has 1 aromatic carbocycles. The van der Waals surface area contributed by atoms with Crippen molar-refractivity contribution >= 4 is 11.7 Å². The van der Waals surface area contributed by atoms with Crippen LogP contribution in [0.25, 0.3) is 0 Å². The first-order valence-electron chi connectivity index (χ1n) is 9.98. The van der Waals surface area contributed by atoms with Crippen molar-refractivity contribution in [2.45, 2.75) is 6.61 Å². The number of anilines is 1. The second kappa shape index (κ2) is 9.34. The zero-order valence-corrected chi connectivity index (χ0v) is 17.2. The lowest BCUT2D eigenvalue weighted by Gasteiger charge is -2.35. The third-order valence-corrected chi connectivity index (χ3v) is 5.08. The molecule has 0 bridgehead atoms. The summed E-state index contributed by atoms with van der Waals surface area (Å²) in [5.74, 6) is 1.34. The van der Waals surface area contributed by atoms with E-state index in [0.717, 1.165) is 11.4 Å². The second-order valence-electron chi connectivity index (χ2n) is 7.08. The first-order chi connectivity index (χ1) is 15.1. The number of ether oxygens (including phenoxy) is 2. The molecule has 0 atom stereocenters. The second-order valence-corrected chi connectivity index (χ2v) is 7.08. The molecule has 8 nitrogen and oxygen atoms in total. The van der Waals surface area contributed by atoms with Gasteiger partial charge in [-0.2, -0.15) is 0 Å². The fourth-order valence-corrected chi connectivity index (χ4v) is 3.38. The fraction of sp³-hybridized carbons (Fsp3) is 0.261. The average Bonchev–Trinajstić information content (AvgIpc) is 2.83. The van der Waals surface area contributed by atoms with Gasteiger partial charge in [-0.15, -0.1) is 0 Å². The molecule has 0 saturated carbocycles. The number of benzene rings is 1. The topological polar surface area (TPSA) is 85.1 Å². The van der Waals surface area contributed by atoms with Gasteiger partial charge in [0.25, 0.3) is 5.91 Å².